The highest BCUT2D eigenvalue weighted by Gasteiger charge is 2.35. The monoisotopic (exact) mass is 321 g/mol. The number of carboxylic acid groups (broad SMARTS) is 1. The molecule has 6 heteroatoms. The van der Waals surface area contributed by atoms with Crippen LogP contribution in [-0.4, -0.2) is 36.7 Å². The van der Waals surface area contributed by atoms with Crippen molar-refractivity contribution in [2.45, 2.75) is 33.1 Å². The Bertz CT molecular complexity index is 580. The molecule has 1 aromatic carbocycles. The van der Waals surface area contributed by atoms with Crippen molar-refractivity contribution in [3.05, 3.63) is 23.8 Å². The lowest BCUT2D eigenvalue weighted by Gasteiger charge is -2.26. The van der Waals surface area contributed by atoms with Crippen molar-refractivity contribution in [2.75, 3.05) is 19.8 Å². The molecule has 0 unspecified atom stereocenters. The minimum absolute atomic E-state index is 0.138. The van der Waals surface area contributed by atoms with E-state index >= 15 is 0 Å². The van der Waals surface area contributed by atoms with Crippen LogP contribution in [0.3, 0.4) is 0 Å². The van der Waals surface area contributed by atoms with Crippen LogP contribution in [0.5, 0.6) is 11.5 Å². The van der Waals surface area contributed by atoms with Gasteiger partial charge in [-0.25, -0.2) is 0 Å². The number of benzene rings is 1. The second kappa shape index (κ2) is 7.35. The number of ether oxygens (including phenoxy) is 2. The van der Waals surface area contributed by atoms with Crippen molar-refractivity contribution in [1.82, 2.24) is 5.32 Å². The predicted molar refractivity (Wildman–Crippen MR) is 84.8 cm³/mol. The molecule has 23 heavy (non-hydrogen) atoms. The summed E-state index contributed by atoms with van der Waals surface area (Å²) < 4.78 is 10.9. The molecule has 0 fully saturated rings. The Morgan fingerprint density at radius 3 is 2.43 bits per heavy atom. The van der Waals surface area contributed by atoms with Crippen LogP contribution in [0.15, 0.2) is 18.2 Å². The summed E-state index contributed by atoms with van der Waals surface area (Å²) in [7, 11) is 0. The van der Waals surface area contributed by atoms with E-state index in [1.165, 1.54) is 0 Å². The van der Waals surface area contributed by atoms with E-state index in [4.69, 9.17) is 9.47 Å². The van der Waals surface area contributed by atoms with E-state index in [9.17, 15) is 14.7 Å². The summed E-state index contributed by atoms with van der Waals surface area (Å²) in [6.07, 6.45) is 1.13. The van der Waals surface area contributed by atoms with E-state index in [0.717, 1.165) is 5.56 Å². The first-order valence-corrected chi connectivity index (χ1v) is 7.89. The maximum atomic E-state index is 12.1. The molecular weight excluding hydrogens is 298 g/mol. The Labute approximate surface area is 135 Å². The largest absolute Gasteiger partial charge is 0.486 e. The maximum absolute atomic E-state index is 12.1. The summed E-state index contributed by atoms with van der Waals surface area (Å²) in [6.45, 7) is 4.81. The molecule has 6 nitrogen and oxygen atoms in total. The third-order valence-electron chi connectivity index (χ3n) is 4.40. The molecule has 1 heterocycles. The third-order valence-corrected chi connectivity index (χ3v) is 4.40. The summed E-state index contributed by atoms with van der Waals surface area (Å²) >= 11 is 0. The van der Waals surface area contributed by atoms with Gasteiger partial charge in [-0.05, 0) is 30.5 Å². The first-order chi connectivity index (χ1) is 11.0. The van der Waals surface area contributed by atoms with Crippen LogP contribution >= 0.6 is 0 Å². The van der Waals surface area contributed by atoms with Gasteiger partial charge in [0, 0.05) is 6.54 Å². The van der Waals surface area contributed by atoms with Crippen molar-refractivity contribution < 1.29 is 24.2 Å². The van der Waals surface area contributed by atoms with E-state index in [-0.39, 0.29) is 18.9 Å². The van der Waals surface area contributed by atoms with Crippen LogP contribution in [0, 0.1) is 5.41 Å². The van der Waals surface area contributed by atoms with Crippen molar-refractivity contribution in [2.24, 2.45) is 5.41 Å². The van der Waals surface area contributed by atoms with Gasteiger partial charge in [0.2, 0.25) is 5.91 Å². The zero-order chi connectivity index (χ0) is 16.9. The van der Waals surface area contributed by atoms with Gasteiger partial charge in [0.15, 0.2) is 11.5 Å². The molecule has 0 aromatic heterocycles. The molecule has 126 valence electrons. The van der Waals surface area contributed by atoms with Gasteiger partial charge in [-0.1, -0.05) is 19.9 Å². The Morgan fingerprint density at radius 1 is 1.17 bits per heavy atom. The highest BCUT2D eigenvalue weighted by molar-refractivity contribution is 5.80. The number of fused-ring (bicyclic) bond motifs is 1. The summed E-state index contributed by atoms with van der Waals surface area (Å²) in [5.74, 6) is 0.252. The van der Waals surface area contributed by atoms with Gasteiger partial charge >= 0.3 is 5.97 Å². The van der Waals surface area contributed by atoms with Crippen LogP contribution in [0.4, 0.5) is 0 Å². The minimum atomic E-state index is -0.900. The van der Waals surface area contributed by atoms with E-state index < -0.39 is 11.4 Å². The SMILES string of the molecule is CCC(CC)(CNC(=O)Cc1ccc2c(c1)OCCO2)C(=O)O. The van der Waals surface area contributed by atoms with Crippen molar-refractivity contribution >= 4 is 11.9 Å². The number of carboxylic acids is 1. The number of hydrogen-bond donors (Lipinski definition) is 2. The number of carbonyl (C=O) groups excluding carboxylic acids is 1. The number of aliphatic carboxylic acids is 1. The van der Waals surface area contributed by atoms with Crippen molar-refractivity contribution in [3.8, 4) is 11.5 Å². The molecule has 1 aliphatic heterocycles. The van der Waals surface area contributed by atoms with Crippen LogP contribution < -0.4 is 14.8 Å². The molecule has 1 aliphatic rings. The lowest BCUT2D eigenvalue weighted by molar-refractivity contribution is -0.149. The van der Waals surface area contributed by atoms with Crippen LogP contribution in [0.1, 0.15) is 32.3 Å². The number of amides is 1. The van der Waals surface area contributed by atoms with Gasteiger partial charge < -0.3 is 19.9 Å². The number of carbonyl (C=O) groups is 2. The minimum Gasteiger partial charge on any atom is -0.486 e. The molecule has 0 atom stereocenters. The van der Waals surface area contributed by atoms with Gasteiger partial charge in [0.1, 0.15) is 13.2 Å². The van der Waals surface area contributed by atoms with Gasteiger partial charge in [-0.15, -0.1) is 0 Å². The molecule has 0 radical (unpaired) electrons. The zero-order valence-corrected chi connectivity index (χ0v) is 13.6. The molecule has 1 amide bonds. The predicted octanol–water partition coefficient (Wildman–Crippen LogP) is 2.01. The number of nitrogens with one attached hydrogen (secondary N) is 1. The summed E-state index contributed by atoms with van der Waals surface area (Å²) in [5.41, 5.74) is -0.0942. The van der Waals surface area contributed by atoms with Gasteiger partial charge in [-0.3, -0.25) is 9.59 Å². The molecule has 0 saturated carbocycles. The molecule has 2 rings (SSSR count). The summed E-state index contributed by atoms with van der Waals surface area (Å²) in [5, 5.41) is 12.1. The third kappa shape index (κ3) is 3.94. The van der Waals surface area contributed by atoms with E-state index in [0.29, 0.717) is 37.6 Å². The van der Waals surface area contributed by atoms with Crippen LogP contribution in [0.2, 0.25) is 0 Å². The van der Waals surface area contributed by atoms with Gasteiger partial charge in [0.05, 0.1) is 11.8 Å². The lowest BCUT2D eigenvalue weighted by atomic mass is 9.82. The molecule has 0 bridgehead atoms. The fourth-order valence-corrected chi connectivity index (χ4v) is 2.59. The van der Waals surface area contributed by atoms with Crippen LogP contribution in [-0.2, 0) is 16.0 Å². The Balaban J connectivity index is 1.96. The first kappa shape index (κ1) is 17.1. The average molecular weight is 321 g/mol. The highest BCUT2D eigenvalue weighted by Crippen LogP contribution is 2.31. The summed E-state index contributed by atoms with van der Waals surface area (Å²) in [6, 6.07) is 5.39. The lowest BCUT2D eigenvalue weighted by Crippen LogP contribution is -2.42. The first-order valence-electron chi connectivity index (χ1n) is 7.89. The van der Waals surface area contributed by atoms with Gasteiger partial charge in [-0.2, -0.15) is 0 Å². The fourth-order valence-electron chi connectivity index (χ4n) is 2.59. The molecule has 2 N–H and O–H groups in total. The maximum Gasteiger partial charge on any atom is 0.311 e. The number of rotatable bonds is 7. The topological polar surface area (TPSA) is 84.9 Å². The smallest absolute Gasteiger partial charge is 0.311 e. The Morgan fingerprint density at radius 2 is 1.83 bits per heavy atom. The fraction of sp³-hybridized carbons (Fsp3) is 0.529. The van der Waals surface area contributed by atoms with Gasteiger partial charge in [0.25, 0.3) is 0 Å². The van der Waals surface area contributed by atoms with Crippen LogP contribution in [0.25, 0.3) is 0 Å². The molecule has 1 aromatic rings. The standard InChI is InChI=1S/C17H23NO5/c1-3-17(4-2,16(20)21)11-18-15(19)10-12-5-6-13-14(9-12)23-8-7-22-13/h5-6,9H,3-4,7-8,10-11H2,1-2H3,(H,18,19)(H,20,21). The highest BCUT2D eigenvalue weighted by atomic mass is 16.6. The average Bonchev–Trinajstić information content (AvgIpc) is 2.56. The Kier molecular flexibility index (Phi) is 5.47. The van der Waals surface area contributed by atoms with Crippen molar-refractivity contribution in [3.63, 3.8) is 0 Å². The van der Waals surface area contributed by atoms with Crippen molar-refractivity contribution in [1.29, 1.82) is 0 Å². The Hall–Kier alpha value is -2.24. The normalized spacial score (nSPS) is 13.5. The van der Waals surface area contributed by atoms with E-state index in [1.807, 2.05) is 19.9 Å². The second-order valence-electron chi connectivity index (χ2n) is 5.72. The van der Waals surface area contributed by atoms with E-state index in [2.05, 4.69) is 5.32 Å². The molecule has 0 saturated heterocycles. The molecule has 0 spiro atoms. The quantitative estimate of drug-likeness (QED) is 0.802. The zero-order valence-electron chi connectivity index (χ0n) is 13.6. The second-order valence-corrected chi connectivity index (χ2v) is 5.72. The number of hydrogen-bond acceptors (Lipinski definition) is 4. The molecule has 0 aliphatic carbocycles. The van der Waals surface area contributed by atoms with E-state index in [1.54, 1.807) is 12.1 Å². The molecular formula is C17H23NO5. The summed E-state index contributed by atoms with van der Waals surface area (Å²) in [4.78, 5) is 23.5.